The zero-order chi connectivity index (χ0) is 13.7. The van der Waals surface area contributed by atoms with Crippen LogP contribution in [0, 0.1) is 0 Å². The maximum absolute atomic E-state index is 11.8. The Kier molecular flexibility index (Phi) is 4.57. The third kappa shape index (κ3) is 3.82. The van der Waals surface area contributed by atoms with Crippen LogP contribution in [0.15, 0.2) is 22.8 Å². The van der Waals surface area contributed by atoms with Gasteiger partial charge < -0.3 is 15.5 Å². The van der Waals surface area contributed by atoms with Gasteiger partial charge >= 0.3 is 0 Å². The van der Waals surface area contributed by atoms with Gasteiger partial charge in [0.1, 0.15) is 5.76 Å². The molecule has 1 atom stereocenters. The van der Waals surface area contributed by atoms with Crippen molar-refractivity contribution < 1.29 is 14.0 Å². The van der Waals surface area contributed by atoms with E-state index in [0.29, 0.717) is 12.3 Å². The Bertz CT molecular complexity index is 430. The van der Waals surface area contributed by atoms with Crippen LogP contribution in [-0.4, -0.2) is 35.8 Å². The largest absolute Gasteiger partial charge is 0.467 e. The number of nitrogens with one attached hydrogen (secondary N) is 1. The average Bonchev–Trinajstić information content (AvgIpc) is 2.90. The third-order valence-corrected chi connectivity index (χ3v) is 3.33. The van der Waals surface area contributed by atoms with Gasteiger partial charge in [0.25, 0.3) is 0 Å². The Hall–Kier alpha value is -1.82. The van der Waals surface area contributed by atoms with Crippen LogP contribution in [0.1, 0.15) is 25.0 Å². The second-order valence-corrected chi connectivity index (χ2v) is 4.74. The minimum absolute atomic E-state index is 0.121. The lowest BCUT2D eigenvalue weighted by Gasteiger charge is -2.32. The van der Waals surface area contributed by atoms with Gasteiger partial charge in [-0.2, -0.15) is 0 Å². The van der Waals surface area contributed by atoms with Crippen molar-refractivity contribution in [3.63, 3.8) is 0 Å². The summed E-state index contributed by atoms with van der Waals surface area (Å²) in [5, 5.41) is 2.77. The van der Waals surface area contributed by atoms with E-state index in [-0.39, 0.29) is 24.4 Å². The minimum atomic E-state index is -0.349. The van der Waals surface area contributed by atoms with Crippen LogP contribution in [0.2, 0.25) is 0 Å². The molecule has 0 bridgehead atoms. The number of carbonyl (C=O) groups excluding carboxylic acids is 2. The fourth-order valence-corrected chi connectivity index (χ4v) is 2.34. The van der Waals surface area contributed by atoms with E-state index in [2.05, 4.69) is 5.32 Å². The maximum atomic E-state index is 11.8. The van der Waals surface area contributed by atoms with Gasteiger partial charge in [0, 0.05) is 0 Å². The summed E-state index contributed by atoms with van der Waals surface area (Å²) in [5.41, 5.74) is 5.36. The summed E-state index contributed by atoms with van der Waals surface area (Å²) in [6.07, 6.45) is 4.28. The maximum Gasteiger partial charge on any atom is 0.234 e. The molecule has 0 radical (unpaired) electrons. The number of rotatable bonds is 5. The predicted molar refractivity (Wildman–Crippen MR) is 69.0 cm³/mol. The highest BCUT2D eigenvalue weighted by atomic mass is 16.3. The normalized spacial score (nSPS) is 20.1. The third-order valence-electron chi connectivity index (χ3n) is 3.33. The van der Waals surface area contributed by atoms with Crippen LogP contribution >= 0.6 is 0 Å². The Labute approximate surface area is 111 Å². The van der Waals surface area contributed by atoms with Crippen LogP contribution < -0.4 is 11.1 Å². The lowest BCUT2D eigenvalue weighted by atomic mass is 10.0. The number of carbonyl (C=O) groups is 2. The molecule has 0 spiro atoms. The van der Waals surface area contributed by atoms with Crippen molar-refractivity contribution in [3.8, 4) is 0 Å². The van der Waals surface area contributed by atoms with Gasteiger partial charge in [0.15, 0.2) is 0 Å². The van der Waals surface area contributed by atoms with E-state index < -0.39 is 0 Å². The smallest absolute Gasteiger partial charge is 0.234 e. The van der Waals surface area contributed by atoms with Gasteiger partial charge in [-0.3, -0.25) is 14.5 Å². The Morgan fingerprint density at radius 3 is 3.00 bits per heavy atom. The summed E-state index contributed by atoms with van der Waals surface area (Å²) in [5.74, 6) is 0.238. The highest BCUT2D eigenvalue weighted by Gasteiger charge is 2.28. The molecular weight excluding hydrogens is 246 g/mol. The minimum Gasteiger partial charge on any atom is -0.467 e. The molecule has 2 amide bonds. The number of nitrogens with two attached hydrogens (primary N) is 1. The molecule has 0 unspecified atom stereocenters. The molecule has 6 nitrogen and oxygen atoms in total. The summed E-state index contributed by atoms with van der Waals surface area (Å²) in [4.78, 5) is 25.0. The first-order valence-electron chi connectivity index (χ1n) is 6.49. The molecular formula is C13H19N3O3. The molecule has 1 fully saturated rings. The van der Waals surface area contributed by atoms with Crippen LogP contribution in [0.3, 0.4) is 0 Å². The number of primary amides is 1. The monoisotopic (exact) mass is 265 g/mol. The zero-order valence-electron chi connectivity index (χ0n) is 10.8. The Morgan fingerprint density at radius 1 is 1.47 bits per heavy atom. The van der Waals surface area contributed by atoms with Crippen LogP contribution in [-0.2, 0) is 16.1 Å². The molecule has 0 aromatic carbocycles. The van der Waals surface area contributed by atoms with Crippen molar-refractivity contribution >= 4 is 11.8 Å². The summed E-state index contributed by atoms with van der Waals surface area (Å²) < 4.78 is 5.13. The number of amides is 2. The van der Waals surface area contributed by atoms with Crippen molar-refractivity contribution in [3.05, 3.63) is 24.2 Å². The first kappa shape index (κ1) is 13.6. The van der Waals surface area contributed by atoms with E-state index in [1.807, 2.05) is 4.90 Å². The average molecular weight is 265 g/mol. The van der Waals surface area contributed by atoms with Gasteiger partial charge in [0.2, 0.25) is 11.8 Å². The quantitative estimate of drug-likeness (QED) is 0.798. The molecule has 2 rings (SSSR count). The number of piperidine rings is 1. The number of hydrogen-bond donors (Lipinski definition) is 2. The number of nitrogens with zero attached hydrogens (tertiary/aromatic N) is 1. The summed E-state index contributed by atoms with van der Waals surface area (Å²) in [7, 11) is 0. The van der Waals surface area contributed by atoms with Crippen molar-refractivity contribution in [1.82, 2.24) is 10.2 Å². The van der Waals surface area contributed by atoms with Crippen LogP contribution in [0.4, 0.5) is 0 Å². The first-order valence-corrected chi connectivity index (χ1v) is 6.49. The second-order valence-electron chi connectivity index (χ2n) is 4.74. The molecule has 2 heterocycles. The van der Waals surface area contributed by atoms with E-state index in [1.165, 1.54) is 0 Å². The first-order chi connectivity index (χ1) is 9.16. The molecule has 1 aliphatic heterocycles. The summed E-state index contributed by atoms with van der Waals surface area (Å²) >= 11 is 0. The van der Waals surface area contributed by atoms with Crippen molar-refractivity contribution in [1.29, 1.82) is 0 Å². The molecule has 104 valence electrons. The molecule has 1 aromatic heterocycles. The number of likely N-dealkylation sites (tertiary alicyclic amines) is 1. The van der Waals surface area contributed by atoms with E-state index in [0.717, 1.165) is 25.8 Å². The molecule has 3 N–H and O–H groups in total. The highest BCUT2D eigenvalue weighted by Crippen LogP contribution is 2.16. The molecule has 1 aromatic rings. The lowest BCUT2D eigenvalue weighted by molar-refractivity contribution is -0.128. The van der Waals surface area contributed by atoms with Gasteiger partial charge in [-0.15, -0.1) is 0 Å². The van der Waals surface area contributed by atoms with E-state index in [1.54, 1.807) is 18.4 Å². The van der Waals surface area contributed by atoms with Gasteiger partial charge in [-0.1, -0.05) is 6.42 Å². The van der Waals surface area contributed by atoms with Crippen molar-refractivity contribution in [2.75, 3.05) is 13.1 Å². The van der Waals surface area contributed by atoms with Gasteiger partial charge in [-0.25, -0.2) is 0 Å². The van der Waals surface area contributed by atoms with Crippen LogP contribution in [0.25, 0.3) is 0 Å². The lowest BCUT2D eigenvalue weighted by Crippen LogP contribution is -2.51. The topological polar surface area (TPSA) is 88.6 Å². The SMILES string of the molecule is NC(=O)[C@@H]1CCCCN1CC(=O)NCc1ccco1. The molecule has 19 heavy (non-hydrogen) atoms. The van der Waals surface area contributed by atoms with Crippen LogP contribution in [0.5, 0.6) is 0 Å². The Morgan fingerprint density at radius 2 is 2.32 bits per heavy atom. The fraction of sp³-hybridized carbons (Fsp3) is 0.538. The summed E-state index contributed by atoms with van der Waals surface area (Å²) in [6.45, 7) is 1.30. The standard InChI is InChI=1S/C13H19N3O3/c14-13(18)11-5-1-2-6-16(11)9-12(17)15-8-10-4-3-7-19-10/h3-4,7,11H,1-2,5-6,8-9H2,(H2,14,18)(H,15,17)/t11-/m0/s1. The van der Waals surface area contributed by atoms with Crippen molar-refractivity contribution in [2.24, 2.45) is 5.73 Å². The van der Waals surface area contributed by atoms with E-state index in [9.17, 15) is 9.59 Å². The molecule has 1 aliphatic rings. The highest BCUT2D eigenvalue weighted by molar-refractivity contribution is 5.82. The fourth-order valence-electron chi connectivity index (χ4n) is 2.34. The summed E-state index contributed by atoms with van der Waals surface area (Å²) in [6, 6.07) is 3.26. The predicted octanol–water partition coefficient (Wildman–Crippen LogP) is 0.236. The molecule has 0 aliphatic carbocycles. The van der Waals surface area contributed by atoms with Gasteiger partial charge in [0.05, 0.1) is 25.4 Å². The Balaban J connectivity index is 1.81. The van der Waals surface area contributed by atoms with E-state index >= 15 is 0 Å². The number of furan rings is 1. The van der Waals surface area contributed by atoms with Gasteiger partial charge in [-0.05, 0) is 31.5 Å². The zero-order valence-corrected chi connectivity index (χ0v) is 10.8. The second kappa shape index (κ2) is 6.38. The number of hydrogen-bond acceptors (Lipinski definition) is 4. The van der Waals surface area contributed by atoms with Crippen molar-refractivity contribution in [2.45, 2.75) is 31.8 Å². The van der Waals surface area contributed by atoms with E-state index in [4.69, 9.17) is 10.2 Å². The molecule has 0 saturated carbocycles. The molecule has 1 saturated heterocycles. The molecule has 6 heteroatoms.